The van der Waals surface area contributed by atoms with Crippen molar-refractivity contribution in [1.82, 2.24) is 19.8 Å². The zero-order chi connectivity index (χ0) is 19.5. The Morgan fingerprint density at radius 3 is 2.68 bits per heavy atom. The van der Waals surface area contributed by atoms with Crippen LogP contribution in [0.1, 0.15) is 48.3 Å². The largest absolute Gasteiger partial charge is 0.334 e. The van der Waals surface area contributed by atoms with Crippen molar-refractivity contribution in [3.8, 4) is 0 Å². The maximum absolute atomic E-state index is 12.7. The third-order valence-electron chi connectivity index (χ3n) is 6.12. The van der Waals surface area contributed by atoms with Crippen LogP contribution in [0, 0.1) is 25.7 Å². The predicted molar refractivity (Wildman–Crippen MR) is 111 cm³/mol. The molecular formula is C23H32N4O. The Bertz CT molecular complexity index is 807. The van der Waals surface area contributed by atoms with E-state index >= 15 is 0 Å². The Hall–Kier alpha value is -2.30. The summed E-state index contributed by atoms with van der Waals surface area (Å²) in [7, 11) is 0. The van der Waals surface area contributed by atoms with Gasteiger partial charge < -0.3 is 14.8 Å². The second-order valence-corrected chi connectivity index (χ2v) is 8.67. The van der Waals surface area contributed by atoms with E-state index in [2.05, 4.69) is 53.0 Å². The smallest absolute Gasteiger partial charge is 0.317 e. The van der Waals surface area contributed by atoms with Crippen LogP contribution in [0.2, 0.25) is 0 Å². The molecule has 1 N–H and O–H groups in total. The molecule has 1 aromatic heterocycles. The summed E-state index contributed by atoms with van der Waals surface area (Å²) in [6.45, 7) is 7.62. The highest BCUT2D eigenvalue weighted by atomic mass is 16.2. The summed E-state index contributed by atoms with van der Waals surface area (Å²) in [4.78, 5) is 19.3. The van der Waals surface area contributed by atoms with Gasteiger partial charge in [-0.15, -0.1) is 0 Å². The molecule has 2 aromatic rings. The van der Waals surface area contributed by atoms with Crippen molar-refractivity contribution >= 4 is 6.03 Å². The molecule has 28 heavy (non-hydrogen) atoms. The third kappa shape index (κ3) is 4.75. The van der Waals surface area contributed by atoms with Crippen LogP contribution in [0.3, 0.4) is 0 Å². The molecule has 1 aliphatic heterocycles. The van der Waals surface area contributed by atoms with E-state index in [4.69, 9.17) is 0 Å². The molecule has 1 aliphatic carbocycles. The molecule has 5 heteroatoms. The number of rotatable bonds is 6. The maximum atomic E-state index is 12.7. The molecule has 2 heterocycles. The van der Waals surface area contributed by atoms with Crippen molar-refractivity contribution in [1.29, 1.82) is 0 Å². The van der Waals surface area contributed by atoms with Gasteiger partial charge in [-0.3, -0.25) is 0 Å². The summed E-state index contributed by atoms with van der Waals surface area (Å²) >= 11 is 0. The molecule has 0 radical (unpaired) electrons. The molecule has 2 fully saturated rings. The Morgan fingerprint density at radius 1 is 1.14 bits per heavy atom. The van der Waals surface area contributed by atoms with Crippen LogP contribution in [-0.4, -0.2) is 33.6 Å². The summed E-state index contributed by atoms with van der Waals surface area (Å²) in [6.07, 6.45) is 7.95. The van der Waals surface area contributed by atoms with Crippen molar-refractivity contribution in [2.45, 2.75) is 59.0 Å². The lowest BCUT2D eigenvalue weighted by Gasteiger charge is -2.33. The lowest BCUT2D eigenvalue weighted by molar-refractivity contribution is 0.164. The fourth-order valence-electron chi connectivity index (χ4n) is 4.15. The number of aryl methyl sites for hydroxylation is 2. The van der Waals surface area contributed by atoms with Gasteiger partial charge in [0, 0.05) is 44.5 Å². The van der Waals surface area contributed by atoms with E-state index in [-0.39, 0.29) is 6.03 Å². The molecule has 4 rings (SSSR count). The number of carbonyl (C=O) groups excluding carboxylic acids is 1. The van der Waals surface area contributed by atoms with Gasteiger partial charge in [-0.1, -0.05) is 29.8 Å². The summed E-state index contributed by atoms with van der Waals surface area (Å²) in [5, 5.41) is 3.09. The van der Waals surface area contributed by atoms with Crippen LogP contribution in [0.15, 0.2) is 30.5 Å². The van der Waals surface area contributed by atoms with Crippen molar-refractivity contribution < 1.29 is 4.79 Å². The molecule has 5 nitrogen and oxygen atoms in total. The first kappa shape index (κ1) is 19.0. The van der Waals surface area contributed by atoms with Gasteiger partial charge in [0.1, 0.15) is 5.82 Å². The van der Waals surface area contributed by atoms with Crippen molar-refractivity contribution in [2.75, 3.05) is 13.1 Å². The first-order valence-electron chi connectivity index (χ1n) is 10.7. The van der Waals surface area contributed by atoms with Gasteiger partial charge in [-0.2, -0.15) is 0 Å². The minimum absolute atomic E-state index is 0.0581. The number of likely N-dealkylation sites (tertiary alicyclic amines) is 1. The molecular weight excluding hydrogens is 348 g/mol. The fourth-order valence-corrected chi connectivity index (χ4v) is 4.15. The minimum atomic E-state index is 0.0581. The summed E-state index contributed by atoms with van der Waals surface area (Å²) in [6, 6.07) is 8.39. The second-order valence-electron chi connectivity index (χ2n) is 8.67. The van der Waals surface area contributed by atoms with Crippen molar-refractivity contribution in [3.05, 3.63) is 53.1 Å². The van der Waals surface area contributed by atoms with Gasteiger partial charge in [0.25, 0.3) is 0 Å². The molecule has 0 bridgehead atoms. The van der Waals surface area contributed by atoms with E-state index in [1.807, 2.05) is 11.1 Å². The topological polar surface area (TPSA) is 50.2 Å². The first-order valence-corrected chi connectivity index (χ1v) is 10.7. The van der Waals surface area contributed by atoms with Gasteiger partial charge in [-0.05, 0) is 56.9 Å². The number of aromatic nitrogens is 2. The molecule has 150 valence electrons. The molecule has 1 saturated heterocycles. The highest BCUT2D eigenvalue weighted by molar-refractivity contribution is 5.74. The van der Waals surface area contributed by atoms with E-state index in [0.717, 1.165) is 44.0 Å². The van der Waals surface area contributed by atoms with E-state index in [1.54, 1.807) is 0 Å². The van der Waals surface area contributed by atoms with Crippen molar-refractivity contribution in [3.63, 3.8) is 0 Å². The van der Waals surface area contributed by atoms with Crippen LogP contribution < -0.4 is 5.32 Å². The van der Waals surface area contributed by atoms with E-state index in [0.29, 0.717) is 12.5 Å². The van der Waals surface area contributed by atoms with Crippen LogP contribution in [-0.2, 0) is 19.5 Å². The molecule has 1 saturated carbocycles. The number of hydrogen-bond acceptors (Lipinski definition) is 2. The Kier molecular flexibility index (Phi) is 5.69. The Balaban J connectivity index is 1.31. The average molecular weight is 381 g/mol. The predicted octanol–water partition coefficient (Wildman–Crippen LogP) is 4.07. The van der Waals surface area contributed by atoms with Gasteiger partial charge in [0.15, 0.2) is 0 Å². The second kappa shape index (κ2) is 8.38. The first-order chi connectivity index (χ1) is 13.6. The monoisotopic (exact) mass is 380 g/mol. The number of carbonyl (C=O) groups is 1. The number of nitrogens with one attached hydrogen (secondary N) is 1. The number of hydrogen-bond donors (Lipinski definition) is 1. The van der Waals surface area contributed by atoms with E-state index in [9.17, 15) is 4.79 Å². The van der Waals surface area contributed by atoms with E-state index in [1.165, 1.54) is 36.3 Å². The van der Waals surface area contributed by atoms with Gasteiger partial charge in [-0.25, -0.2) is 9.78 Å². The molecule has 1 aromatic carbocycles. The summed E-state index contributed by atoms with van der Waals surface area (Å²) in [5.74, 6) is 2.55. The van der Waals surface area contributed by atoms with Crippen LogP contribution >= 0.6 is 0 Å². The number of amides is 2. The normalized spacial score (nSPS) is 19.6. The van der Waals surface area contributed by atoms with Crippen LogP contribution in [0.5, 0.6) is 0 Å². The lowest BCUT2D eigenvalue weighted by atomic mass is 9.94. The van der Waals surface area contributed by atoms with Crippen molar-refractivity contribution in [2.24, 2.45) is 11.8 Å². The molecule has 2 aliphatic rings. The number of nitrogens with zero attached hydrogens (tertiary/aromatic N) is 3. The Labute approximate surface area is 168 Å². The lowest BCUT2D eigenvalue weighted by Crippen LogP contribution is -2.45. The number of imidazole rings is 1. The number of piperidine rings is 1. The number of urea groups is 1. The summed E-state index contributed by atoms with van der Waals surface area (Å²) < 4.78 is 2.41. The standard InChI is InChI=1S/C23H32N4O/c1-17-5-7-19(8-6-17)14-25-23(28)26-11-3-4-21(15-26)12-22-24-13-18(2)27(22)16-20-9-10-20/h5-8,13,20-21H,3-4,9-12,14-16H2,1-2H3,(H,25,28). The van der Waals surface area contributed by atoms with Crippen LogP contribution in [0.4, 0.5) is 4.79 Å². The molecule has 1 atom stereocenters. The zero-order valence-electron chi connectivity index (χ0n) is 17.2. The molecule has 1 unspecified atom stereocenters. The van der Waals surface area contributed by atoms with Crippen LogP contribution in [0.25, 0.3) is 0 Å². The highest BCUT2D eigenvalue weighted by Gasteiger charge is 2.27. The van der Waals surface area contributed by atoms with Gasteiger partial charge in [0.05, 0.1) is 0 Å². The fraction of sp³-hybridized carbons (Fsp3) is 0.565. The maximum Gasteiger partial charge on any atom is 0.317 e. The average Bonchev–Trinajstić information content (AvgIpc) is 3.47. The zero-order valence-corrected chi connectivity index (χ0v) is 17.2. The SMILES string of the molecule is Cc1ccc(CNC(=O)N2CCCC(Cc3ncc(C)n3CC3CC3)C2)cc1. The number of benzene rings is 1. The van der Waals surface area contributed by atoms with E-state index < -0.39 is 0 Å². The quantitative estimate of drug-likeness (QED) is 0.821. The highest BCUT2D eigenvalue weighted by Crippen LogP contribution is 2.32. The van der Waals surface area contributed by atoms with Gasteiger partial charge in [0.2, 0.25) is 0 Å². The summed E-state index contributed by atoms with van der Waals surface area (Å²) in [5.41, 5.74) is 3.65. The molecule has 2 amide bonds. The third-order valence-corrected chi connectivity index (χ3v) is 6.12. The minimum Gasteiger partial charge on any atom is -0.334 e. The van der Waals surface area contributed by atoms with Gasteiger partial charge >= 0.3 is 6.03 Å². The molecule has 0 spiro atoms. The Morgan fingerprint density at radius 2 is 1.93 bits per heavy atom.